The second-order valence-electron chi connectivity index (χ2n) is 3.52. The fourth-order valence-electron chi connectivity index (χ4n) is 1.39. The summed E-state index contributed by atoms with van der Waals surface area (Å²) in [6.07, 6.45) is 6.46. The number of aromatic nitrogens is 1. The highest BCUT2D eigenvalue weighted by atomic mass is 32.1. The normalized spacial score (nSPS) is 10.8. The van der Waals surface area contributed by atoms with Crippen LogP contribution in [-0.2, 0) is 17.6 Å². The first-order valence-corrected chi connectivity index (χ1v) is 6.25. The van der Waals surface area contributed by atoms with Gasteiger partial charge in [0.2, 0.25) is 0 Å². The number of rotatable bonds is 8. The van der Waals surface area contributed by atoms with Gasteiger partial charge in [0.1, 0.15) is 0 Å². The zero-order valence-electron chi connectivity index (χ0n) is 9.58. The van der Waals surface area contributed by atoms with Crippen molar-refractivity contribution in [2.24, 2.45) is 0 Å². The molecule has 1 aromatic rings. The van der Waals surface area contributed by atoms with Crippen molar-refractivity contribution in [1.82, 2.24) is 10.3 Å². The van der Waals surface area contributed by atoms with Gasteiger partial charge in [0.25, 0.3) is 0 Å². The predicted molar refractivity (Wildman–Crippen MR) is 64.6 cm³/mol. The minimum atomic E-state index is 0.828. The standard InChI is InChI=1S/C11H20N2OS/c1-12-7-3-5-10-9-13-11(15-10)6-4-8-14-2/h9,12H,3-8H2,1-2H3. The maximum Gasteiger partial charge on any atom is 0.0928 e. The Kier molecular flexibility index (Phi) is 6.55. The molecule has 0 radical (unpaired) electrons. The molecule has 0 aromatic carbocycles. The molecule has 0 bridgehead atoms. The van der Waals surface area contributed by atoms with Gasteiger partial charge < -0.3 is 10.1 Å². The Bertz CT molecular complexity index is 238. The van der Waals surface area contributed by atoms with E-state index in [4.69, 9.17) is 4.74 Å². The summed E-state index contributed by atoms with van der Waals surface area (Å²) < 4.78 is 5.02. The lowest BCUT2D eigenvalue weighted by atomic mass is 10.3. The first-order chi connectivity index (χ1) is 7.36. The van der Waals surface area contributed by atoms with E-state index in [0.29, 0.717) is 0 Å². The van der Waals surface area contributed by atoms with Crippen LogP contribution in [0.3, 0.4) is 0 Å². The molecule has 1 heterocycles. The van der Waals surface area contributed by atoms with Gasteiger partial charge in [0.15, 0.2) is 0 Å². The fourth-order valence-corrected chi connectivity index (χ4v) is 2.39. The number of hydrogen-bond donors (Lipinski definition) is 1. The molecule has 0 aliphatic rings. The molecule has 0 saturated heterocycles. The minimum Gasteiger partial charge on any atom is -0.385 e. The Labute approximate surface area is 95.9 Å². The van der Waals surface area contributed by atoms with E-state index in [2.05, 4.69) is 10.3 Å². The zero-order valence-corrected chi connectivity index (χ0v) is 10.4. The third kappa shape index (κ3) is 5.25. The van der Waals surface area contributed by atoms with Crippen molar-refractivity contribution in [2.75, 3.05) is 27.3 Å². The van der Waals surface area contributed by atoms with Gasteiger partial charge >= 0.3 is 0 Å². The van der Waals surface area contributed by atoms with Crippen LogP contribution in [0.4, 0.5) is 0 Å². The Balaban J connectivity index is 2.23. The molecule has 0 atom stereocenters. The Morgan fingerprint density at radius 2 is 2.27 bits per heavy atom. The van der Waals surface area contributed by atoms with Crippen molar-refractivity contribution in [3.05, 3.63) is 16.1 Å². The second kappa shape index (κ2) is 7.79. The molecule has 0 aliphatic heterocycles. The highest BCUT2D eigenvalue weighted by Gasteiger charge is 2.01. The van der Waals surface area contributed by atoms with Gasteiger partial charge in [-0.15, -0.1) is 11.3 Å². The molecule has 4 heteroatoms. The van der Waals surface area contributed by atoms with E-state index in [1.165, 1.54) is 16.3 Å². The van der Waals surface area contributed by atoms with Crippen LogP contribution < -0.4 is 5.32 Å². The van der Waals surface area contributed by atoms with Crippen LogP contribution in [0, 0.1) is 0 Å². The Morgan fingerprint density at radius 1 is 1.40 bits per heavy atom. The molecule has 1 aromatic heterocycles. The molecule has 0 saturated carbocycles. The van der Waals surface area contributed by atoms with Crippen LogP contribution in [-0.4, -0.2) is 32.3 Å². The van der Waals surface area contributed by atoms with E-state index >= 15 is 0 Å². The van der Waals surface area contributed by atoms with E-state index in [9.17, 15) is 0 Å². The smallest absolute Gasteiger partial charge is 0.0928 e. The summed E-state index contributed by atoms with van der Waals surface area (Å²) >= 11 is 1.84. The maximum absolute atomic E-state index is 5.02. The third-order valence-electron chi connectivity index (χ3n) is 2.19. The summed E-state index contributed by atoms with van der Waals surface area (Å²) in [5.74, 6) is 0. The third-order valence-corrected chi connectivity index (χ3v) is 3.31. The Hall–Kier alpha value is -0.450. The van der Waals surface area contributed by atoms with Crippen molar-refractivity contribution in [3.63, 3.8) is 0 Å². The first-order valence-electron chi connectivity index (χ1n) is 5.44. The average molecular weight is 228 g/mol. The van der Waals surface area contributed by atoms with Crippen LogP contribution in [0.2, 0.25) is 0 Å². The van der Waals surface area contributed by atoms with Crippen LogP contribution in [0.15, 0.2) is 6.20 Å². The van der Waals surface area contributed by atoms with E-state index in [-0.39, 0.29) is 0 Å². The van der Waals surface area contributed by atoms with Gasteiger partial charge in [-0.3, -0.25) is 0 Å². The average Bonchev–Trinajstić information content (AvgIpc) is 2.67. The highest BCUT2D eigenvalue weighted by Crippen LogP contribution is 2.16. The SMILES string of the molecule is CNCCCc1cnc(CCCOC)s1. The van der Waals surface area contributed by atoms with Gasteiger partial charge in [0, 0.05) is 31.2 Å². The number of nitrogens with one attached hydrogen (secondary N) is 1. The molecule has 0 fully saturated rings. The highest BCUT2D eigenvalue weighted by molar-refractivity contribution is 7.11. The van der Waals surface area contributed by atoms with Crippen LogP contribution >= 0.6 is 11.3 Å². The Morgan fingerprint density at radius 3 is 3.00 bits per heavy atom. The van der Waals surface area contributed by atoms with Crippen LogP contribution in [0.25, 0.3) is 0 Å². The topological polar surface area (TPSA) is 34.2 Å². The summed E-state index contributed by atoms with van der Waals surface area (Å²) in [6, 6.07) is 0. The summed E-state index contributed by atoms with van der Waals surface area (Å²) in [4.78, 5) is 5.81. The predicted octanol–water partition coefficient (Wildman–Crippen LogP) is 1.87. The summed E-state index contributed by atoms with van der Waals surface area (Å²) in [5, 5.41) is 4.40. The first kappa shape index (κ1) is 12.6. The lowest BCUT2D eigenvalue weighted by molar-refractivity contribution is 0.195. The number of ether oxygens (including phenoxy) is 1. The van der Waals surface area contributed by atoms with Crippen molar-refractivity contribution in [3.8, 4) is 0 Å². The second-order valence-corrected chi connectivity index (χ2v) is 4.72. The zero-order chi connectivity index (χ0) is 10.9. The van der Waals surface area contributed by atoms with E-state index in [0.717, 1.165) is 32.4 Å². The van der Waals surface area contributed by atoms with E-state index in [1.807, 2.05) is 24.6 Å². The molecule has 3 nitrogen and oxygen atoms in total. The van der Waals surface area contributed by atoms with Crippen molar-refractivity contribution in [2.45, 2.75) is 25.7 Å². The summed E-state index contributed by atoms with van der Waals surface area (Å²) in [6.45, 7) is 1.91. The number of methoxy groups -OCH3 is 1. The van der Waals surface area contributed by atoms with Gasteiger partial charge in [-0.2, -0.15) is 0 Å². The van der Waals surface area contributed by atoms with Crippen molar-refractivity contribution in [1.29, 1.82) is 0 Å². The van der Waals surface area contributed by atoms with E-state index in [1.54, 1.807) is 7.11 Å². The maximum atomic E-state index is 5.02. The summed E-state index contributed by atoms with van der Waals surface area (Å²) in [5.41, 5.74) is 0. The van der Waals surface area contributed by atoms with Crippen molar-refractivity contribution < 1.29 is 4.74 Å². The van der Waals surface area contributed by atoms with Gasteiger partial charge in [-0.05, 0) is 32.9 Å². The minimum absolute atomic E-state index is 0.828. The molecule has 0 amide bonds. The number of hydrogen-bond acceptors (Lipinski definition) is 4. The summed E-state index contributed by atoms with van der Waals surface area (Å²) in [7, 11) is 3.73. The van der Waals surface area contributed by atoms with Crippen LogP contribution in [0.5, 0.6) is 0 Å². The molecule has 1 rings (SSSR count). The molecule has 0 spiro atoms. The molecular formula is C11H20N2OS. The molecule has 1 N–H and O–H groups in total. The molecule has 0 unspecified atom stereocenters. The van der Waals surface area contributed by atoms with E-state index < -0.39 is 0 Å². The van der Waals surface area contributed by atoms with Crippen molar-refractivity contribution >= 4 is 11.3 Å². The molecule has 0 aliphatic carbocycles. The lowest BCUT2D eigenvalue weighted by Gasteiger charge is -1.96. The number of thiazole rings is 1. The number of aryl methyl sites for hydroxylation is 2. The number of nitrogens with zero attached hydrogens (tertiary/aromatic N) is 1. The molecule has 86 valence electrons. The molecule has 15 heavy (non-hydrogen) atoms. The molecular weight excluding hydrogens is 208 g/mol. The van der Waals surface area contributed by atoms with Gasteiger partial charge in [-0.1, -0.05) is 0 Å². The van der Waals surface area contributed by atoms with Gasteiger partial charge in [0.05, 0.1) is 5.01 Å². The lowest BCUT2D eigenvalue weighted by Crippen LogP contribution is -2.07. The van der Waals surface area contributed by atoms with Gasteiger partial charge in [-0.25, -0.2) is 4.98 Å². The fraction of sp³-hybridized carbons (Fsp3) is 0.727. The largest absolute Gasteiger partial charge is 0.385 e. The monoisotopic (exact) mass is 228 g/mol. The van der Waals surface area contributed by atoms with Crippen LogP contribution in [0.1, 0.15) is 22.7 Å². The quantitative estimate of drug-likeness (QED) is 0.690.